The maximum Gasteiger partial charge on any atom is 0.203 e. The van der Waals surface area contributed by atoms with E-state index >= 15 is 0 Å². The Morgan fingerprint density at radius 2 is 1.28 bits per heavy atom. The molecule has 0 aliphatic heterocycles. The zero-order chi connectivity index (χ0) is 18.2. The highest BCUT2D eigenvalue weighted by Crippen LogP contribution is 2.37. The number of hydrogen-bond acceptors (Lipinski definition) is 6. The second-order valence-corrected chi connectivity index (χ2v) is 5.43. The van der Waals surface area contributed by atoms with Gasteiger partial charge in [-0.25, -0.2) is 0 Å². The SMILES string of the molecule is COc1cc(C=N/N=C/c2ccc(N(C)C)cc2)cc(OC)c1OC. The van der Waals surface area contributed by atoms with E-state index in [0.717, 1.165) is 16.8 Å². The average Bonchev–Trinajstić information content (AvgIpc) is 2.64. The number of anilines is 1. The molecule has 0 unspecified atom stereocenters. The van der Waals surface area contributed by atoms with E-state index in [0.29, 0.717) is 17.2 Å². The van der Waals surface area contributed by atoms with Crippen LogP contribution in [-0.4, -0.2) is 47.9 Å². The van der Waals surface area contributed by atoms with E-state index in [9.17, 15) is 0 Å². The van der Waals surface area contributed by atoms with Crippen molar-refractivity contribution in [2.45, 2.75) is 0 Å². The first-order valence-corrected chi connectivity index (χ1v) is 7.72. The van der Waals surface area contributed by atoms with Crippen LogP contribution in [0.1, 0.15) is 11.1 Å². The lowest BCUT2D eigenvalue weighted by Crippen LogP contribution is -2.08. The van der Waals surface area contributed by atoms with Crippen LogP contribution in [0, 0.1) is 0 Å². The number of methoxy groups -OCH3 is 3. The lowest BCUT2D eigenvalue weighted by atomic mass is 10.2. The minimum absolute atomic E-state index is 0.548. The molecule has 0 heterocycles. The van der Waals surface area contributed by atoms with Crippen molar-refractivity contribution >= 4 is 18.1 Å². The molecule has 0 spiro atoms. The molecule has 0 fully saturated rings. The molecule has 2 rings (SSSR count). The van der Waals surface area contributed by atoms with Crippen molar-refractivity contribution in [1.29, 1.82) is 0 Å². The zero-order valence-corrected chi connectivity index (χ0v) is 15.2. The summed E-state index contributed by atoms with van der Waals surface area (Å²) < 4.78 is 15.9. The summed E-state index contributed by atoms with van der Waals surface area (Å²) in [7, 11) is 8.73. The summed E-state index contributed by atoms with van der Waals surface area (Å²) >= 11 is 0. The van der Waals surface area contributed by atoms with Crippen molar-refractivity contribution in [3.63, 3.8) is 0 Å². The van der Waals surface area contributed by atoms with Crippen LogP contribution in [0.4, 0.5) is 5.69 Å². The van der Waals surface area contributed by atoms with Crippen LogP contribution in [0.2, 0.25) is 0 Å². The lowest BCUT2D eigenvalue weighted by molar-refractivity contribution is 0.324. The molecule has 0 aromatic heterocycles. The van der Waals surface area contributed by atoms with Crippen LogP contribution in [-0.2, 0) is 0 Å². The first-order valence-electron chi connectivity index (χ1n) is 7.72. The van der Waals surface area contributed by atoms with Gasteiger partial charge in [-0.2, -0.15) is 10.2 Å². The summed E-state index contributed by atoms with van der Waals surface area (Å²) in [6.45, 7) is 0. The summed E-state index contributed by atoms with van der Waals surface area (Å²) in [5, 5.41) is 8.17. The van der Waals surface area contributed by atoms with Crippen LogP contribution < -0.4 is 19.1 Å². The van der Waals surface area contributed by atoms with Crippen molar-refractivity contribution in [2.75, 3.05) is 40.3 Å². The van der Waals surface area contributed by atoms with Gasteiger partial charge in [0.25, 0.3) is 0 Å². The lowest BCUT2D eigenvalue weighted by Gasteiger charge is -2.12. The molecule has 132 valence electrons. The van der Waals surface area contributed by atoms with E-state index in [4.69, 9.17) is 14.2 Å². The smallest absolute Gasteiger partial charge is 0.203 e. The van der Waals surface area contributed by atoms with Gasteiger partial charge in [0.05, 0.1) is 33.8 Å². The molecule has 0 saturated heterocycles. The summed E-state index contributed by atoms with van der Waals surface area (Å²) in [5.74, 6) is 1.70. The zero-order valence-electron chi connectivity index (χ0n) is 15.2. The molecular weight excluding hydrogens is 318 g/mol. The Balaban J connectivity index is 2.13. The number of benzene rings is 2. The topological polar surface area (TPSA) is 55.7 Å². The van der Waals surface area contributed by atoms with Gasteiger partial charge < -0.3 is 19.1 Å². The highest BCUT2D eigenvalue weighted by molar-refractivity contribution is 5.84. The van der Waals surface area contributed by atoms with E-state index in [1.165, 1.54) is 0 Å². The Morgan fingerprint density at radius 1 is 0.760 bits per heavy atom. The van der Waals surface area contributed by atoms with Gasteiger partial charge >= 0.3 is 0 Å². The molecule has 25 heavy (non-hydrogen) atoms. The molecule has 0 amide bonds. The Hall–Kier alpha value is -3.02. The molecule has 0 radical (unpaired) electrons. The van der Waals surface area contributed by atoms with E-state index in [2.05, 4.69) is 10.2 Å². The third-order valence-electron chi connectivity index (χ3n) is 3.58. The standard InChI is InChI=1S/C19H23N3O3/c1-22(2)16-8-6-14(7-9-16)12-20-21-13-15-10-17(23-3)19(25-5)18(11-15)24-4/h6-13H,1-5H3/b20-12+,21-13?. The molecule has 6 nitrogen and oxygen atoms in total. The van der Waals surface area contributed by atoms with Crippen molar-refractivity contribution in [3.8, 4) is 17.2 Å². The second kappa shape index (κ2) is 8.73. The third-order valence-corrected chi connectivity index (χ3v) is 3.58. The summed E-state index contributed by atoms with van der Waals surface area (Å²) in [4.78, 5) is 2.05. The monoisotopic (exact) mass is 341 g/mol. The number of rotatable bonds is 7. The van der Waals surface area contributed by atoms with Crippen LogP contribution in [0.15, 0.2) is 46.6 Å². The van der Waals surface area contributed by atoms with Gasteiger partial charge in [-0.15, -0.1) is 0 Å². The summed E-state index contributed by atoms with van der Waals surface area (Å²) in [5.41, 5.74) is 2.92. The first-order chi connectivity index (χ1) is 12.1. The Labute approximate surface area is 148 Å². The second-order valence-electron chi connectivity index (χ2n) is 5.43. The molecule has 0 aliphatic rings. The van der Waals surface area contributed by atoms with Crippen LogP contribution >= 0.6 is 0 Å². The molecule has 0 saturated carbocycles. The maximum atomic E-state index is 5.32. The minimum Gasteiger partial charge on any atom is -0.493 e. The van der Waals surface area contributed by atoms with E-state index in [-0.39, 0.29) is 0 Å². The Morgan fingerprint density at radius 3 is 1.72 bits per heavy atom. The number of hydrogen-bond donors (Lipinski definition) is 0. The van der Waals surface area contributed by atoms with Gasteiger partial charge in [0.15, 0.2) is 11.5 Å². The van der Waals surface area contributed by atoms with Crippen molar-refractivity contribution in [2.24, 2.45) is 10.2 Å². The van der Waals surface area contributed by atoms with Gasteiger partial charge in [-0.05, 0) is 29.8 Å². The molecule has 0 bridgehead atoms. The predicted octanol–water partition coefficient (Wildman–Crippen LogP) is 3.23. The van der Waals surface area contributed by atoms with Gasteiger partial charge in [-0.3, -0.25) is 0 Å². The normalized spacial score (nSPS) is 11.1. The minimum atomic E-state index is 0.548. The van der Waals surface area contributed by atoms with E-state index in [1.54, 1.807) is 33.8 Å². The first kappa shape index (κ1) is 18.3. The number of ether oxygens (including phenoxy) is 3. The third kappa shape index (κ3) is 4.73. The quantitative estimate of drug-likeness (QED) is 0.573. The molecule has 0 N–H and O–H groups in total. The largest absolute Gasteiger partial charge is 0.493 e. The van der Waals surface area contributed by atoms with Gasteiger partial charge in [0, 0.05) is 25.3 Å². The Kier molecular flexibility index (Phi) is 6.39. The van der Waals surface area contributed by atoms with Crippen molar-refractivity contribution < 1.29 is 14.2 Å². The van der Waals surface area contributed by atoms with Gasteiger partial charge in [0.2, 0.25) is 5.75 Å². The van der Waals surface area contributed by atoms with Crippen LogP contribution in [0.25, 0.3) is 0 Å². The summed E-state index contributed by atoms with van der Waals surface area (Å²) in [6.07, 6.45) is 3.34. The predicted molar refractivity (Wildman–Crippen MR) is 102 cm³/mol. The highest BCUT2D eigenvalue weighted by Gasteiger charge is 2.12. The molecule has 2 aromatic carbocycles. The highest BCUT2D eigenvalue weighted by atomic mass is 16.5. The average molecular weight is 341 g/mol. The van der Waals surface area contributed by atoms with Crippen molar-refractivity contribution in [3.05, 3.63) is 47.5 Å². The number of nitrogens with zero attached hydrogens (tertiary/aromatic N) is 3. The van der Waals surface area contributed by atoms with Crippen LogP contribution in [0.3, 0.4) is 0 Å². The molecule has 0 aliphatic carbocycles. The fraction of sp³-hybridized carbons (Fsp3) is 0.263. The van der Waals surface area contributed by atoms with Gasteiger partial charge in [-0.1, -0.05) is 12.1 Å². The summed E-state index contributed by atoms with van der Waals surface area (Å²) in [6, 6.07) is 11.7. The van der Waals surface area contributed by atoms with E-state index < -0.39 is 0 Å². The fourth-order valence-electron chi connectivity index (χ4n) is 2.23. The van der Waals surface area contributed by atoms with Crippen LogP contribution in [0.5, 0.6) is 17.2 Å². The molecule has 6 heteroatoms. The fourth-order valence-corrected chi connectivity index (χ4v) is 2.23. The van der Waals surface area contributed by atoms with E-state index in [1.807, 2.05) is 55.4 Å². The molecular formula is C19H23N3O3. The Bertz CT molecular complexity index is 728. The van der Waals surface area contributed by atoms with Gasteiger partial charge in [0.1, 0.15) is 0 Å². The van der Waals surface area contributed by atoms with Crippen molar-refractivity contribution in [1.82, 2.24) is 0 Å². The maximum absolute atomic E-state index is 5.32. The molecule has 2 aromatic rings. The molecule has 0 atom stereocenters.